The molecule has 0 unspecified atom stereocenters. The Hall–Kier alpha value is -1.81. The minimum Gasteiger partial charge on any atom is -0.339 e. The number of hydrogen-bond acceptors (Lipinski definition) is 4. The van der Waals surface area contributed by atoms with Crippen molar-refractivity contribution in [3.63, 3.8) is 0 Å². The predicted octanol–water partition coefficient (Wildman–Crippen LogP) is 1.67. The van der Waals surface area contributed by atoms with Crippen LogP contribution in [0.25, 0.3) is 6.08 Å². The quantitative estimate of drug-likeness (QED) is 0.842. The monoisotopic (exact) mass is 232 g/mol. The summed E-state index contributed by atoms with van der Waals surface area (Å²) in [4.78, 5) is 16.8. The fraction of sp³-hybridized carbons (Fsp3) is 0.308. The maximum atomic E-state index is 11.6. The summed E-state index contributed by atoms with van der Waals surface area (Å²) >= 11 is 0. The van der Waals surface area contributed by atoms with E-state index >= 15 is 0 Å². The second kappa shape index (κ2) is 4.22. The molecule has 0 aliphatic carbocycles. The number of hydrogen-bond donors (Lipinski definition) is 1. The number of benzene rings is 1. The lowest BCUT2D eigenvalue weighted by atomic mass is 10.1. The zero-order chi connectivity index (χ0) is 12.5. The van der Waals surface area contributed by atoms with Gasteiger partial charge < -0.3 is 10.6 Å². The molecule has 0 saturated heterocycles. The molecule has 0 radical (unpaired) electrons. The minimum atomic E-state index is -0.981. The van der Waals surface area contributed by atoms with Crippen LogP contribution in [0, 0.1) is 0 Å². The highest BCUT2D eigenvalue weighted by Crippen LogP contribution is 2.20. The van der Waals surface area contributed by atoms with Gasteiger partial charge >= 0.3 is 5.97 Å². The standard InChI is InChI=1S/C13H16N2O2/c1-13(2,14)12(16)17-15-8-7-10-5-3-4-6-11(10)9-15/h3-8H,9,14H2,1-2H3. The number of nitrogens with zero attached hydrogens (tertiary/aromatic N) is 1. The van der Waals surface area contributed by atoms with Gasteiger partial charge in [-0.3, -0.25) is 0 Å². The van der Waals surface area contributed by atoms with Gasteiger partial charge in [0.25, 0.3) is 0 Å². The molecule has 2 rings (SSSR count). The third-order valence-electron chi connectivity index (χ3n) is 2.53. The normalized spacial score (nSPS) is 14.4. The van der Waals surface area contributed by atoms with E-state index in [1.165, 1.54) is 5.06 Å². The molecule has 1 aromatic carbocycles. The summed E-state index contributed by atoms with van der Waals surface area (Å²) in [5, 5.41) is 1.50. The fourth-order valence-electron chi connectivity index (χ4n) is 1.51. The Balaban J connectivity index is 2.07. The van der Waals surface area contributed by atoms with Gasteiger partial charge in [0, 0.05) is 6.20 Å². The van der Waals surface area contributed by atoms with E-state index in [4.69, 9.17) is 10.6 Å². The van der Waals surface area contributed by atoms with Crippen LogP contribution >= 0.6 is 0 Å². The molecule has 1 heterocycles. The zero-order valence-electron chi connectivity index (χ0n) is 10.0. The highest BCUT2D eigenvalue weighted by atomic mass is 16.7. The van der Waals surface area contributed by atoms with E-state index in [-0.39, 0.29) is 0 Å². The second-order valence-corrected chi connectivity index (χ2v) is 4.69. The number of rotatable bonds is 2. The van der Waals surface area contributed by atoms with Crippen LogP contribution in [0.5, 0.6) is 0 Å². The number of carbonyl (C=O) groups excluding carboxylic acids is 1. The highest BCUT2D eigenvalue weighted by Gasteiger charge is 2.26. The van der Waals surface area contributed by atoms with Gasteiger partial charge in [-0.25, -0.2) is 9.86 Å². The number of hydroxylamine groups is 2. The first-order valence-corrected chi connectivity index (χ1v) is 5.51. The number of carbonyl (C=O) groups is 1. The largest absolute Gasteiger partial charge is 0.351 e. The van der Waals surface area contributed by atoms with Gasteiger partial charge in [-0.1, -0.05) is 24.3 Å². The van der Waals surface area contributed by atoms with Crippen LogP contribution in [0.15, 0.2) is 30.5 Å². The molecule has 4 nitrogen and oxygen atoms in total. The van der Waals surface area contributed by atoms with Gasteiger partial charge in [0.1, 0.15) is 5.54 Å². The van der Waals surface area contributed by atoms with Crippen LogP contribution in [0.1, 0.15) is 25.0 Å². The van der Waals surface area contributed by atoms with Crippen LogP contribution < -0.4 is 5.73 Å². The molecule has 0 bridgehead atoms. The van der Waals surface area contributed by atoms with E-state index in [0.29, 0.717) is 6.54 Å². The first-order chi connectivity index (χ1) is 7.97. The average molecular weight is 232 g/mol. The zero-order valence-corrected chi connectivity index (χ0v) is 10.0. The van der Waals surface area contributed by atoms with Crippen LogP contribution in [-0.4, -0.2) is 16.6 Å². The molecule has 1 aromatic rings. The summed E-state index contributed by atoms with van der Waals surface area (Å²) < 4.78 is 0. The van der Waals surface area contributed by atoms with Crippen molar-refractivity contribution in [1.29, 1.82) is 0 Å². The summed E-state index contributed by atoms with van der Waals surface area (Å²) in [5.41, 5.74) is 6.95. The molecule has 2 N–H and O–H groups in total. The maximum Gasteiger partial charge on any atom is 0.351 e. The summed E-state index contributed by atoms with van der Waals surface area (Å²) in [6, 6.07) is 7.98. The van der Waals surface area contributed by atoms with Crippen molar-refractivity contribution in [3.8, 4) is 0 Å². The lowest BCUT2D eigenvalue weighted by molar-refractivity contribution is -0.186. The molecule has 0 fully saturated rings. The van der Waals surface area contributed by atoms with Crippen molar-refractivity contribution >= 4 is 12.0 Å². The summed E-state index contributed by atoms with van der Waals surface area (Å²) in [5.74, 6) is -0.443. The summed E-state index contributed by atoms with van der Waals surface area (Å²) in [7, 11) is 0. The van der Waals surface area contributed by atoms with E-state index in [0.717, 1.165) is 11.1 Å². The van der Waals surface area contributed by atoms with E-state index in [1.807, 2.05) is 30.3 Å². The van der Waals surface area contributed by atoms with E-state index in [9.17, 15) is 4.79 Å². The second-order valence-electron chi connectivity index (χ2n) is 4.69. The average Bonchev–Trinajstić information content (AvgIpc) is 2.27. The first-order valence-electron chi connectivity index (χ1n) is 5.51. The molecule has 1 aliphatic heterocycles. The SMILES string of the molecule is CC(C)(N)C(=O)ON1C=Cc2ccccc2C1. The van der Waals surface area contributed by atoms with E-state index in [2.05, 4.69) is 0 Å². The third kappa shape index (κ3) is 2.65. The molecule has 0 aromatic heterocycles. The molecular formula is C13H16N2O2. The van der Waals surface area contributed by atoms with Crippen molar-refractivity contribution in [2.45, 2.75) is 25.9 Å². The molecule has 0 saturated carbocycles. The number of fused-ring (bicyclic) bond motifs is 1. The van der Waals surface area contributed by atoms with Crippen LogP contribution in [-0.2, 0) is 16.2 Å². The predicted molar refractivity (Wildman–Crippen MR) is 65.4 cm³/mol. The first kappa shape index (κ1) is 11.7. The third-order valence-corrected chi connectivity index (χ3v) is 2.53. The lowest BCUT2D eigenvalue weighted by Crippen LogP contribution is -2.45. The van der Waals surface area contributed by atoms with Crippen LogP contribution in [0.3, 0.4) is 0 Å². The van der Waals surface area contributed by atoms with Crippen molar-refractivity contribution in [2.75, 3.05) is 0 Å². The summed E-state index contributed by atoms with van der Waals surface area (Å²) in [6.45, 7) is 3.79. The molecular weight excluding hydrogens is 216 g/mol. The fourth-order valence-corrected chi connectivity index (χ4v) is 1.51. The highest BCUT2D eigenvalue weighted by molar-refractivity contribution is 5.79. The molecule has 1 aliphatic rings. The van der Waals surface area contributed by atoms with Crippen molar-refractivity contribution < 1.29 is 9.63 Å². The maximum absolute atomic E-state index is 11.6. The van der Waals surface area contributed by atoms with Gasteiger partial charge in [-0.05, 0) is 31.1 Å². The summed E-state index contributed by atoms with van der Waals surface area (Å²) in [6.07, 6.45) is 3.65. The molecule has 17 heavy (non-hydrogen) atoms. The topological polar surface area (TPSA) is 55.6 Å². The van der Waals surface area contributed by atoms with Crippen molar-refractivity contribution in [2.24, 2.45) is 5.73 Å². The lowest BCUT2D eigenvalue weighted by Gasteiger charge is -2.26. The Morgan fingerprint density at radius 2 is 2.12 bits per heavy atom. The Morgan fingerprint density at radius 1 is 1.41 bits per heavy atom. The Morgan fingerprint density at radius 3 is 2.82 bits per heavy atom. The van der Waals surface area contributed by atoms with E-state index < -0.39 is 11.5 Å². The van der Waals surface area contributed by atoms with Gasteiger partial charge in [-0.2, -0.15) is 0 Å². The molecule has 0 atom stereocenters. The minimum absolute atomic E-state index is 0.443. The molecule has 4 heteroatoms. The molecule has 0 amide bonds. The van der Waals surface area contributed by atoms with Gasteiger partial charge in [0.2, 0.25) is 0 Å². The van der Waals surface area contributed by atoms with Gasteiger partial charge in [0.05, 0.1) is 6.54 Å². The van der Waals surface area contributed by atoms with Gasteiger partial charge in [-0.15, -0.1) is 0 Å². The Labute approximate surface area is 101 Å². The van der Waals surface area contributed by atoms with Crippen LogP contribution in [0.2, 0.25) is 0 Å². The van der Waals surface area contributed by atoms with Crippen molar-refractivity contribution in [1.82, 2.24) is 5.06 Å². The molecule has 90 valence electrons. The van der Waals surface area contributed by atoms with Gasteiger partial charge in [0.15, 0.2) is 0 Å². The Bertz CT molecular complexity index is 461. The molecule has 0 spiro atoms. The van der Waals surface area contributed by atoms with Crippen LogP contribution in [0.4, 0.5) is 0 Å². The van der Waals surface area contributed by atoms with Crippen molar-refractivity contribution in [3.05, 3.63) is 41.6 Å². The smallest absolute Gasteiger partial charge is 0.339 e. The Kier molecular flexibility index (Phi) is 2.90. The number of nitrogens with two attached hydrogens (primary N) is 1. The van der Waals surface area contributed by atoms with E-state index in [1.54, 1.807) is 20.0 Å².